The normalized spacial score (nSPS) is 15.9. The van der Waals surface area contributed by atoms with E-state index in [1.54, 1.807) is 19.2 Å². The number of nitrogens with zero attached hydrogens (tertiary/aromatic N) is 2. The first-order valence-electron chi connectivity index (χ1n) is 7.82. The van der Waals surface area contributed by atoms with Crippen molar-refractivity contribution in [1.82, 2.24) is 10.2 Å². The summed E-state index contributed by atoms with van der Waals surface area (Å²) in [4.78, 5) is 12.9. The van der Waals surface area contributed by atoms with Crippen molar-refractivity contribution >= 4 is 18.1 Å². The summed E-state index contributed by atoms with van der Waals surface area (Å²) in [5.74, 6) is 1.51. The topological polar surface area (TPSA) is 67.6 Å². The molecule has 23 heavy (non-hydrogen) atoms. The molecule has 0 radical (unpaired) electrons. The van der Waals surface area contributed by atoms with Crippen molar-refractivity contribution in [1.29, 1.82) is 0 Å². The zero-order chi connectivity index (χ0) is 15.9. The predicted molar refractivity (Wildman–Crippen MR) is 93.4 cm³/mol. The molecule has 7 heteroatoms. The average Bonchev–Trinajstić information content (AvgIpc) is 2.54. The molecule has 1 heterocycles. The van der Waals surface area contributed by atoms with E-state index in [0.717, 1.165) is 36.9 Å². The zero-order valence-electron chi connectivity index (χ0n) is 13.8. The number of ether oxygens (including phenoxy) is 1. The molecule has 0 bridgehead atoms. The van der Waals surface area contributed by atoms with Crippen molar-refractivity contribution < 1.29 is 9.66 Å². The molecule has 0 saturated carbocycles. The van der Waals surface area contributed by atoms with Gasteiger partial charge in [-0.05, 0) is 57.9 Å². The summed E-state index contributed by atoms with van der Waals surface area (Å²) in [6, 6.07) is 4.81. The number of nitro groups is 1. The molecule has 0 aromatic heterocycles. The minimum absolute atomic E-state index is 0. The van der Waals surface area contributed by atoms with Crippen molar-refractivity contribution in [2.45, 2.75) is 25.8 Å². The minimum atomic E-state index is -0.354. The van der Waals surface area contributed by atoms with E-state index in [-0.39, 0.29) is 23.0 Å². The number of hydrogen-bond acceptors (Lipinski definition) is 5. The number of halogens is 1. The monoisotopic (exact) mass is 343 g/mol. The number of nitro benzene ring substituents is 1. The van der Waals surface area contributed by atoms with Crippen molar-refractivity contribution in [2.24, 2.45) is 5.92 Å². The van der Waals surface area contributed by atoms with Crippen LogP contribution in [0.15, 0.2) is 18.2 Å². The number of rotatable bonds is 7. The van der Waals surface area contributed by atoms with Gasteiger partial charge in [-0.25, -0.2) is 0 Å². The van der Waals surface area contributed by atoms with Gasteiger partial charge in [-0.1, -0.05) is 0 Å². The molecule has 1 fully saturated rings. The van der Waals surface area contributed by atoms with Gasteiger partial charge < -0.3 is 10.1 Å². The molecule has 2 rings (SSSR count). The summed E-state index contributed by atoms with van der Waals surface area (Å²) in [7, 11) is 3.60. The van der Waals surface area contributed by atoms with Crippen LogP contribution < -0.4 is 10.1 Å². The van der Waals surface area contributed by atoms with Gasteiger partial charge in [-0.15, -0.1) is 12.4 Å². The molecule has 1 aromatic rings. The first kappa shape index (κ1) is 19.7. The molecule has 130 valence electrons. The van der Waals surface area contributed by atoms with E-state index >= 15 is 0 Å². The predicted octanol–water partition coefficient (Wildman–Crippen LogP) is 2.85. The molecule has 1 aromatic carbocycles. The largest absolute Gasteiger partial charge is 0.496 e. The Labute approximate surface area is 143 Å². The third-order valence-electron chi connectivity index (χ3n) is 4.38. The van der Waals surface area contributed by atoms with E-state index in [1.165, 1.54) is 25.3 Å². The van der Waals surface area contributed by atoms with Gasteiger partial charge in [0.15, 0.2) is 0 Å². The first-order chi connectivity index (χ1) is 10.6. The van der Waals surface area contributed by atoms with Crippen LogP contribution in [0, 0.1) is 16.0 Å². The summed E-state index contributed by atoms with van der Waals surface area (Å²) >= 11 is 0. The maximum atomic E-state index is 10.9. The van der Waals surface area contributed by atoms with E-state index in [4.69, 9.17) is 4.74 Å². The van der Waals surface area contributed by atoms with Gasteiger partial charge in [0.25, 0.3) is 5.69 Å². The lowest BCUT2D eigenvalue weighted by molar-refractivity contribution is -0.385. The molecule has 0 amide bonds. The first-order valence-corrected chi connectivity index (χ1v) is 7.82. The van der Waals surface area contributed by atoms with Gasteiger partial charge >= 0.3 is 0 Å². The number of benzene rings is 1. The zero-order valence-corrected chi connectivity index (χ0v) is 14.6. The fraction of sp³-hybridized carbons (Fsp3) is 0.625. The van der Waals surface area contributed by atoms with E-state index in [9.17, 15) is 10.1 Å². The van der Waals surface area contributed by atoms with Gasteiger partial charge in [0, 0.05) is 24.2 Å². The molecule has 0 atom stereocenters. The Morgan fingerprint density at radius 3 is 2.65 bits per heavy atom. The van der Waals surface area contributed by atoms with Crippen molar-refractivity contribution in [3.63, 3.8) is 0 Å². The van der Waals surface area contributed by atoms with E-state index in [1.807, 2.05) is 7.05 Å². The number of non-ortho nitro benzene ring substituents is 1. The summed E-state index contributed by atoms with van der Waals surface area (Å²) in [6.45, 7) is 3.87. The van der Waals surface area contributed by atoms with Crippen LogP contribution >= 0.6 is 12.4 Å². The SMILES string of the molecule is CNCCC1CCN(Cc2cc([N+](=O)[O-])ccc2OC)CC1.Cl. The Morgan fingerprint density at radius 2 is 2.09 bits per heavy atom. The Kier molecular flexibility index (Phi) is 8.30. The van der Waals surface area contributed by atoms with Crippen LogP contribution in [0.1, 0.15) is 24.8 Å². The van der Waals surface area contributed by atoms with Gasteiger partial charge in [-0.2, -0.15) is 0 Å². The van der Waals surface area contributed by atoms with Crippen LogP contribution in [-0.2, 0) is 6.54 Å². The maximum absolute atomic E-state index is 10.9. The number of methoxy groups -OCH3 is 1. The highest BCUT2D eigenvalue weighted by atomic mass is 35.5. The lowest BCUT2D eigenvalue weighted by Crippen LogP contribution is -2.34. The molecule has 0 unspecified atom stereocenters. The summed E-state index contributed by atoms with van der Waals surface area (Å²) < 4.78 is 5.34. The Balaban J connectivity index is 0.00000264. The smallest absolute Gasteiger partial charge is 0.270 e. The molecule has 1 aliphatic heterocycles. The van der Waals surface area contributed by atoms with Crippen LogP contribution in [-0.4, -0.2) is 43.6 Å². The lowest BCUT2D eigenvalue weighted by atomic mass is 9.93. The molecular formula is C16H26ClN3O3. The third kappa shape index (κ3) is 5.64. The number of hydrogen-bond donors (Lipinski definition) is 1. The van der Waals surface area contributed by atoms with Gasteiger partial charge in [0.2, 0.25) is 0 Å². The number of likely N-dealkylation sites (tertiary alicyclic amines) is 1. The quantitative estimate of drug-likeness (QED) is 0.609. The van der Waals surface area contributed by atoms with E-state index in [2.05, 4.69) is 10.2 Å². The number of piperidine rings is 1. The molecule has 1 aliphatic rings. The van der Waals surface area contributed by atoms with Gasteiger partial charge in [-0.3, -0.25) is 15.0 Å². The van der Waals surface area contributed by atoms with Crippen molar-refractivity contribution in [3.8, 4) is 5.75 Å². The van der Waals surface area contributed by atoms with Crippen LogP contribution in [0.4, 0.5) is 5.69 Å². The number of nitrogens with one attached hydrogen (secondary N) is 1. The molecular weight excluding hydrogens is 318 g/mol. The summed E-state index contributed by atoms with van der Waals surface area (Å²) in [5.41, 5.74) is 1.02. The standard InChI is InChI=1S/C16H25N3O3.ClH/c1-17-8-5-13-6-9-18(10-7-13)12-14-11-15(19(20)21)3-4-16(14)22-2;/h3-4,11,13,17H,5-10,12H2,1-2H3;1H. The van der Waals surface area contributed by atoms with E-state index in [0.29, 0.717) is 6.54 Å². The fourth-order valence-electron chi connectivity index (χ4n) is 3.02. The Morgan fingerprint density at radius 1 is 1.39 bits per heavy atom. The fourth-order valence-corrected chi connectivity index (χ4v) is 3.02. The van der Waals surface area contributed by atoms with Crippen LogP contribution in [0.25, 0.3) is 0 Å². The van der Waals surface area contributed by atoms with Crippen molar-refractivity contribution in [3.05, 3.63) is 33.9 Å². The molecule has 1 N–H and O–H groups in total. The highest BCUT2D eigenvalue weighted by molar-refractivity contribution is 5.85. The highest BCUT2D eigenvalue weighted by Gasteiger charge is 2.20. The Bertz CT molecular complexity index is 505. The maximum Gasteiger partial charge on any atom is 0.270 e. The Hall–Kier alpha value is -1.37. The minimum Gasteiger partial charge on any atom is -0.496 e. The van der Waals surface area contributed by atoms with Crippen molar-refractivity contribution in [2.75, 3.05) is 33.8 Å². The average molecular weight is 344 g/mol. The summed E-state index contributed by atoms with van der Waals surface area (Å²) in [5, 5.41) is 14.1. The van der Waals surface area contributed by atoms with Gasteiger partial charge in [0.1, 0.15) is 5.75 Å². The molecule has 0 aliphatic carbocycles. The van der Waals surface area contributed by atoms with Crippen LogP contribution in [0.2, 0.25) is 0 Å². The lowest BCUT2D eigenvalue weighted by Gasteiger charge is -2.32. The second-order valence-electron chi connectivity index (χ2n) is 5.87. The molecule has 6 nitrogen and oxygen atoms in total. The second kappa shape index (κ2) is 9.70. The van der Waals surface area contributed by atoms with Gasteiger partial charge in [0.05, 0.1) is 12.0 Å². The van der Waals surface area contributed by atoms with Crippen LogP contribution in [0.3, 0.4) is 0 Å². The third-order valence-corrected chi connectivity index (χ3v) is 4.38. The van der Waals surface area contributed by atoms with Crippen LogP contribution in [0.5, 0.6) is 5.75 Å². The van der Waals surface area contributed by atoms with E-state index < -0.39 is 0 Å². The summed E-state index contributed by atoms with van der Waals surface area (Å²) in [6.07, 6.45) is 3.61. The molecule has 0 spiro atoms. The highest BCUT2D eigenvalue weighted by Crippen LogP contribution is 2.27. The molecule has 1 saturated heterocycles. The second-order valence-corrected chi connectivity index (χ2v) is 5.87.